The quantitative estimate of drug-likeness (QED) is 0.736. The number of benzene rings is 2. The van der Waals surface area contributed by atoms with Gasteiger partial charge in [0.2, 0.25) is 5.91 Å². The molecule has 0 aliphatic rings. The van der Waals surface area contributed by atoms with E-state index in [4.69, 9.17) is 0 Å². The number of amides is 1. The molecule has 0 fully saturated rings. The lowest BCUT2D eigenvalue weighted by Crippen LogP contribution is -2.33. The van der Waals surface area contributed by atoms with Gasteiger partial charge in [-0.15, -0.1) is 0 Å². The number of alkyl halides is 3. The van der Waals surface area contributed by atoms with E-state index in [2.05, 4.69) is 5.32 Å². The Morgan fingerprint density at radius 1 is 1.15 bits per heavy atom. The predicted octanol–water partition coefficient (Wildman–Crippen LogP) is 4.01. The Kier molecular flexibility index (Phi) is 6.54. The van der Waals surface area contributed by atoms with Crippen molar-refractivity contribution in [3.63, 3.8) is 0 Å². The lowest BCUT2D eigenvalue weighted by molar-refractivity contribution is -0.137. The van der Waals surface area contributed by atoms with Crippen molar-refractivity contribution in [1.29, 1.82) is 0 Å². The number of hydrogen-bond donors (Lipinski definition) is 2. The fourth-order valence-corrected chi connectivity index (χ4v) is 2.57. The van der Waals surface area contributed by atoms with Crippen LogP contribution in [0.5, 0.6) is 0 Å². The smallest absolute Gasteiger partial charge is 0.386 e. The number of aliphatic hydroxyl groups is 1. The summed E-state index contributed by atoms with van der Waals surface area (Å²) in [6.07, 6.45) is -5.78. The van der Waals surface area contributed by atoms with Crippen molar-refractivity contribution in [3.8, 4) is 0 Å². The van der Waals surface area contributed by atoms with Crippen LogP contribution in [0.1, 0.15) is 29.7 Å². The van der Waals surface area contributed by atoms with Gasteiger partial charge in [-0.2, -0.15) is 13.2 Å². The second-order valence-electron chi connectivity index (χ2n) is 6.23. The zero-order chi connectivity index (χ0) is 20.2. The first-order valence-electron chi connectivity index (χ1n) is 8.14. The van der Waals surface area contributed by atoms with Crippen LogP contribution in [0, 0.1) is 17.6 Å². The zero-order valence-corrected chi connectivity index (χ0v) is 14.4. The van der Waals surface area contributed by atoms with E-state index < -0.39 is 41.3 Å². The molecule has 0 aliphatic heterocycles. The molecule has 2 aromatic rings. The fourth-order valence-electron chi connectivity index (χ4n) is 2.57. The number of nitrogens with one attached hydrogen (secondary N) is 1. The maximum absolute atomic E-state index is 13.6. The number of carbonyl (C=O) groups is 1. The van der Waals surface area contributed by atoms with Crippen molar-refractivity contribution in [3.05, 3.63) is 70.8 Å². The molecule has 0 spiro atoms. The molecule has 2 aromatic carbocycles. The Morgan fingerprint density at radius 3 is 2.48 bits per heavy atom. The summed E-state index contributed by atoms with van der Waals surface area (Å²) < 4.78 is 64.7. The highest BCUT2D eigenvalue weighted by Gasteiger charge is 2.30. The van der Waals surface area contributed by atoms with E-state index in [9.17, 15) is 31.9 Å². The van der Waals surface area contributed by atoms with Crippen LogP contribution in [-0.2, 0) is 17.4 Å². The van der Waals surface area contributed by atoms with Crippen molar-refractivity contribution < 1.29 is 31.9 Å². The summed E-state index contributed by atoms with van der Waals surface area (Å²) in [6.45, 7) is 1.22. The molecule has 0 aromatic heterocycles. The van der Waals surface area contributed by atoms with Gasteiger partial charge in [0, 0.05) is 24.1 Å². The molecule has 8 heteroatoms. The molecular formula is C19H18F5NO2. The van der Waals surface area contributed by atoms with Crippen molar-refractivity contribution >= 4 is 5.91 Å². The van der Waals surface area contributed by atoms with Crippen molar-refractivity contribution in [2.45, 2.75) is 25.6 Å². The van der Waals surface area contributed by atoms with E-state index in [1.807, 2.05) is 0 Å². The molecule has 27 heavy (non-hydrogen) atoms. The van der Waals surface area contributed by atoms with Gasteiger partial charge in [-0.3, -0.25) is 4.79 Å². The van der Waals surface area contributed by atoms with Crippen molar-refractivity contribution in [2.75, 3.05) is 6.54 Å². The highest BCUT2D eigenvalue weighted by atomic mass is 19.4. The highest BCUT2D eigenvalue weighted by Crippen LogP contribution is 2.30. The molecule has 0 heterocycles. The summed E-state index contributed by atoms with van der Waals surface area (Å²) >= 11 is 0. The second-order valence-corrected chi connectivity index (χ2v) is 6.23. The third kappa shape index (κ3) is 5.75. The molecule has 0 saturated heterocycles. The Balaban J connectivity index is 1.94. The molecular weight excluding hydrogens is 369 g/mol. The summed E-state index contributed by atoms with van der Waals surface area (Å²) in [5.41, 5.74) is -0.616. The number of halogens is 5. The predicted molar refractivity (Wildman–Crippen MR) is 88.6 cm³/mol. The lowest BCUT2D eigenvalue weighted by Gasteiger charge is -2.16. The van der Waals surface area contributed by atoms with Crippen LogP contribution < -0.4 is 5.32 Å². The first-order chi connectivity index (χ1) is 12.6. The minimum atomic E-state index is -4.47. The Bertz CT molecular complexity index is 807. The first kappa shape index (κ1) is 20.8. The third-order valence-corrected chi connectivity index (χ3v) is 4.03. The van der Waals surface area contributed by atoms with E-state index in [1.54, 1.807) is 0 Å². The summed E-state index contributed by atoms with van der Waals surface area (Å²) in [5, 5.41) is 12.4. The lowest BCUT2D eigenvalue weighted by atomic mass is 9.98. The van der Waals surface area contributed by atoms with E-state index >= 15 is 0 Å². The van der Waals surface area contributed by atoms with Gasteiger partial charge < -0.3 is 10.4 Å². The first-order valence-corrected chi connectivity index (χ1v) is 8.14. The second kappa shape index (κ2) is 8.47. The number of carbonyl (C=O) groups excluding carboxylic acids is 1. The third-order valence-electron chi connectivity index (χ3n) is 4.03. The number of aliphatic hydroxyl groups excluding tert-OH is 1. The minimum Gasteiger partial charge on any atom is -0.386 e. The van der Waals surface area contributed by atoms with Crippen LogP contribution in [-0.4, -0.2) is 17.6 Å². The van der Waals surface area contributed by atoms with Crippen LogP contribution >= 0.6 is 0 Å². The standard InChI is InChI=1S/C19H18F5NO2/c1-11(7-12-3-2-4-13(8-12)19(22,23)24)18(27)25-10-17(26)15-6-5-14(20)9-16(15)21/h2-6,8-9,11,17,26H,7,10H2,1H3,(H,25,27)/t11-,17+/m0/s1. The van der Waals surface area contributed by atoms with Crippen LogP contribution in [0.2, 0.25) is 0 Å². The summed E-state index contributed by atoms with van der Waals surface area (Å²) in [5.74, 6) is -2.90. The Labute approximate surface area is 152 Å². The number of rotatable bonds is 6. The number of hydrogen-bond acceptors (Lipinski definition) is 2. The molecule has 0 aliphatic carbocycles. The fraction of sp³-hybridized carbons (Fsp3) is 0.316. The van der Waals surface area contributed by atoms with Gasteiger partial charge in [0.05, 0.1) is 11.7 Å². The molecule has 3 nitrogen and oxygen atoms in total. The minimum absolute atomic E-state index is 0.0662. The molecule has 0 unspecified atom stereocenters. The normalized spacial score (nSPS) is 13.9. The average Bonchev–Trinajstić information content (AvgIpc) is 2.58. The van der Waals surface area contributed by atoms with Crippen LogP contribution in [0.4, 0.5) is 22.0 Å². The summed E-state index contributed by atoms with van der Waals surface area (Å²) in [6, 6.07) is 7.36. The average molecular weight is 387 g/mol. The largest absolute Gasteiger partial charge is 0.416 e. The molecule has 2 rings (SSSR count). The van der Waals surface area contributed by atoms with Crippen LogP contribution in [0.25, 0.3) is 0 Å². The molecule has 1 amide bonds. The maximum atomic E-state index is 13.6. The van der Waals surface area contributed by atoms with Gasteiger partial charge in [-0.05, 0) is 24.1 Å². The van der Waals surface area contributed by atoms with E-state index in [1.165, 1.54) is 19.1 Å². The Hall–Kier alpha value is -2.48. The molecule has 2 atom stereocenters. The van der Waals surface area contributed by atoms with Crippen molar-refractivity contribution in [2.24, 2.45) is 5.92 Å². The maximum Gasteiger partial charge on any atom is 0.416 e. The molecule has 146 valence electrons. The monoisotopic (exact) mass is 387 g/mol. The highest BCUT2D eigenvalue weighted by molar-refractivity contribution is 5.78. The van der Waals surface area contributed by atoms with E-state index in [-0.39, 0.29) is 18.5 Å². The molecule has 2 N–H and O–H groups in total. The van der Waals surface area contributed by atoms with Gasteiger partial charge in [0.15, 0.2) is 0 Å². The topological polar surface area (TPSA) is 49.3 Å². The van der Waals surface area contributed by atoms with Gasteiger partial charge in [0.25, 0.3) is 0 Å². The zero-order valence-electron chi connectivity index (χ0n) is 14.4. The van der Waals surface area contributed by atoms with E-state index in [0.717, 1.165) is 24.3 Å². The van der Waals surface area contributed by atoms with Gasteiger partial charge in [0.1, 0.15) is 11.6 Å². The van der Waals surface area contributed by atoms with Crippen molar-refractivity contribution in [1.82, 2.24) is 5.32 Å². The molecule has 0 radical (unpaired) electrons. The van der Waals surface area contributed by atoms with Crippen LogP contribution in [0.15, 0.2) is 42.5 Å². The summed E-state index contributed by atoms with van der Waals surface area (Å²) in [7, 11) is 0. The Morgan fingerprint density at radius 2 is 1.85 bits per heavy atom. The molecule has 0 bridgehead atoms. The summed E-state index contributed by atoms with van der Waals surface area (Å²) in [4.78, 5) is 12.1. The van der Waals surface area contributed by atoms with Gasteiger partial charge in [-0.25, -0.2) is 8.78 Å². The van der Waals surface area contributed by atoms with Gasteiger partial charge in [-0.1, -0.05) is 31.2 Å². The van der Waals surface area contributed by atoms with Gasteiger partial charge >= 0.3 is 6.18 Å². The molecule has 0 saturated carbocycles. The SMILES string of the molecule is C[C@@H](Cc1cccc(C(F)(F)F)c1)C(=O)NC[C@@H](O)c1ccc(F)cc1F. The van der Waals surface area contributed by atoms with Crippen LogP contribution in [0.3, 0.4) is 0 Å². The van der Waals surface area contributed by atoms with E-state index in [0.29, 0.717) is 11.6 Å².